The number of hydrogen-bond donors (Lipinski definition) is 0. The molecule has 174 valence electrons. The van der Waals surface area contributed by atoms with Gasteiger partial charge < -0.3 is 4.74 Å². The standard InChI is InChI=1S/C31H21NO2S2/c33-30-29(36-31(35)32(30)28-17-7-12-23-10-2-4-16-27(23)28)19-21-8-5-14-25(18-21)34-20-24-13-6-11-22-9-1-3-15-26(22)24/h1-19H,20H2/b29-19-. The minimum atomic E-state index is -0.108. The zero-order chi connectivity index (χ0) is 24.5. The summed E-state index contributed by atoms with van der Waals surface area (Å²) in [5.74, 6) is 0.643. The number of rotatable bonds is 5. The van der Waals surface area contributed by atoms with Crippen molar-refractivity contribution in [2.45, 2.75) is 6.61 Å². The highest BCUT2D eigenvalue weighted by Gasteiger charge is 2.34. The van der Waals surface area contributed by atoms with E-state index in [2.05, 4.69) is 30.3 Å². The predicted molar refractivity (Wildman–Crippen MR) is 154 cm³/mol. The van der Waals surface area contributed by atoms with Gasteiger partial charge in [-0.2, -0.15) is 0 Å². The number of amides is 1. The van der Waals surface area contributed by atoms with Gasteiger partial charge in [0.05, 0.1) is 10.6 Å². The second kappa shape index (κ2) is 9.61. The first kappa shape index (κ1) is 22.5. The van der Waals surface area contributed by atoms with Crippen LogP contribution in [0.2, 0.25) is 0 Å². The molecule has 1 saturated heterocycles. The number of benzene rings is 5. The molecule has 5 heteroatoms. The monoisotopic (exact) mass is 503 g/mol. The van der Waals surface area contributed by atoms with Crippen LogP contribution < -0.4 is 9.64 Å². The van der Waals surface area contributed by atoms with Gasteiger partial charge in [-0.1, -0.05) is 115 Å². The fourth-order valence-corrected chi connectivity index (χ4v) is 5.79. The molecule has 6 rings (SSSR count). The summed E-state index contributed by atoms with van der Waals surface area (Å²) in [7, 11) is 0. The van der Waals surface area contributed by atoms with Crippen LogP contribution in [0.25, 0.3) is 27.6 Å². The Morgan fingerprint density at radius 2 is 1.44 bits per heavy atom. The summed E-state index contributed by atoms with van der Waals surface area (Å²) in [6.45, 7) is 0.466. The maximum absolute atomic E-state index is 13.4. The van der Waals surface area contributed by atoms with Crippen molar-refractivity contribution in [3.8, 4) is 5.75 Å². The van der Waals surface area contributed by atoms with E-state index in [4.69, 9.17) is 17.0 Å². The average molecular weight is 504 g/mol. The Balaban J connectivity index is 1.24. The molecule has 1 aliphatic rings. The Bertz CT molecular complexity index is 1660. The van der Waals surface area contributed by atoms with Gasteiger partial charge in [-0.3, -0.25) is 9.69 Å². The third kappa shape index (κ3) is 4.28. The van der Waals surface area contributed by atoms with Crippen LogP contribution in [0.5, 0.6) is 5.75 Å². The number of fused-ring (bicyclic) bond motifs is 2. The molecule has 0 bridgehead atoms. The summed E-state index contributed by atoms with van der Waals surface area (Å²) in [5.41, 5.74) is 2.84. The minimum absolute atomic E-state index is 0.108. The molecule has 0 unspecified atom stereocenters. The van der Waals surface area contributed by atoms with Crippen molar-refractivity contribution in [2.24, 2.45) is 0 Å². The SMILES string of the molecule is O=C1/C(=C/c2cccc(OCc3cccc4ccccc34)c2)SC(=S)N1c1cccc2ccccc12. The largest absolute Gasteiger partial charge is 0.489 e. The Kier molecular flexibility index (Phi) is 6.01. The van der Waals surface area contributed by atoms with Crippen LogP contribution in [-0.2, 0) is 11.4 Å². The van der Waals surface area contributed by atoms with Crippen molar-refractivity contribution in [2.75, 3.05) is 4.90 Å². The van der Waals surface area contributed by atoms with Crippen LogP contribution in [0.15, 0.2) is 114 Å². The fourth-order valence-electron chi connectivity index (χ4n) is 4.50. The average Bonchev–Trinajstić information content (AvgIpc) is 3.19. The molecule has 1 aliphatic heterocycles. The lowest BCUT2D eigenvalue weighted by molar-refractivity contribution is -0.113. The number of carbonyl (C=O) groups excluding carboxylic acids is 1. The molecular weight excluding hydrogens is 482 g/mol. The van der Waals surface area contributed by atoms with E-state index in [1.165, 1.54) is 22.5 Å². The van der Waals surface area contributed by atoms with Crippen molar-refractivity contribution < 1.29 is 9.53 Å². The molecule has 1 amide bonds. The van der Waals surface area contributed by atoms with Gasteiger partial charge in [0.2, 0.25) is 0 Å². The summed E-state index contributed by atoms with van der Waals surface area (Å²) in [4.78, 5) is 15.6. The molecule has 36 heavy (non-hydrogen) atoms. The third-order valence-electron chi connectivity index (χ3n) is 6.23. The van der Waals surface area contributed by atoms with Crippen LogP contribution in [0.4, 0.5) is 5.69 Å². The molecule has 1 fully saturated rings. The number of thiocarbonyl (C=S) groups is 1. The van der Waals surface area contributed by atoms with Crippen molar-refractivity contribution >= 4 is 67.5 Å². The molecule has 1 heterocycles. The van der Waals surface area contributed by atoms with Crippen LogP contribution in [-0.4, -0.2) is 10.2 Å². The molecule has 5 aromatic carbocycles. The van der Waals surface area contributed by atoms with Crippen molar-refractivity contribution in [3.63, 3.8) is 0 Å². The van der Waals surface area contributed by atoms with E-state index in [-0.39, 0.29) is 5.91 Å². The van der Waals surface area contributed by atoms with Gasteiger partial charge in [0, 0.05) is 5.39 Å². The minimum Gasteiger partial charge on any atom is -0.489 e. The first-order valence-electron chi connectivity index (χ1n) is 11.6. The molecule has 0 N–H and O–H groups in total. The van der Waals surface area contributed by atoms with Crippen molar-refractivity contribution in [3.05, 3.63) is 125 Å². The molecule has 3 nitrogen and oxygen atoms in total. The van der Waals surface area contributed by atoms with Gasteiger partial charge in [-0.25, -0.2) is 0 Å². The molecule has 0 saturated carbocycles. The second-order valence-electron chi connectivity index (χ2n) is 8.51. The van der Waals surface area contributed by atoms with Crippen LogP contribution in [0.1, 0.15) is 11.1 Å². The highest BCUT2D eigenvalue weighted by atomic mass is 32.2. The first-order valence-corrected chi connectivity index (χ1v) is 12.8. The van der Waals surface area contributed by atoms with Gasteiger partial charge in [0.1, 0.15) is 12.4 Å². The zero-order valence-electron chi connectivity index (χ0n) is 19.3. The van der Waals surface area contributed by atoms with Crippen LogP contribution in [0.3, 0.4) is 0 Å². The summed E-state index contributed by atoms with van der Waals surface area (Å²) < 4.78 is 6.67. The Labute approximate surface area is 219 Å². The molecule has 0 spiro atoms. The van der Waals surface area contributed by atoms with Gasteiger partial charge in [0.25, 0.3) is 5.91 Å². The summed E-state index contributed by atoms with van der Waals surface area (Å²) in [6, 6.07) is 36.3. The van der Waals surface area contributed by atoms with Gasteiger partial charge in [-0.15, -0.1) is 0 Å². The summed E-state index contributed by atoms with van der Waals surface area (Å²) in [5, 5.41) is 4.46. The Hall–Kier alpha value is -3.93. The summed E-state index contributed by atoms with van der Waals surface area (Å²) in [6.07, 6.45) is 1.88. The van der Waals surface area contributed by atoms with Gasteiger partial charge >= 0.3 is 0 Å². The quantitative estimate of drug-likeness (QED) is 0.180. The molecule has 0 atom stereocenters. The normalized spacial score (nSPS) is 14.8. The van der Waals surface area contributed by atoms with E-state index in [9.17, 15) is 4.79 Å². The van der Waals surface area contributed by atoms with Crippen molar-refractivity contribution in [1.29, 1.82) is 0 Å². The number of ether oxygens (including phenoxy) is 1. The molecule has 5 aromatic rings. The zero-order valence-corrected chi connectivity index (χ0v) is 20.9. The highest BCUT2D eigenvalue weighted by Crippen LogP contribution is 2.39. The highest BCUT2D eigenvalue weighted by molar-refractivity contribution is 8.27. The van der Waals surface area contributed by atoms with Crippen LogP contribution in [0, 0.1) is 0 Å². The lowest BCUT2D eigenvalue weighted by atomic mass is 10.1. The van der Waals surface area contributed by atoms with E-state index >= 15 is 0 Å². The Morgan fingerprint density at radius 3 is 2.28 bits per heavy atom. The smallest absolute Gasteiger partial charge is 0.270 e. The van der Waals surface area contributed by atoms with E-state index in [0.29, 0.717) is 15.8 Å². The number of thioether (sulfide) groups is 1. The van der Waals surface area contributed by atoms with Crippen molar-refractivity contribution in [1.82, 2.24) is 0 Å². The Morgan fingerprint density at radius 1 is 0.778 bits per heavy atom. The molecule has 0 radical (unpaired) electrons. The predicted octanol–water partition coefficient (Wildman–Crippen LogP) is 7.98. The molecule has 0 aromatic heterocycles. The number of anilines is 1. The van der Waals surface area contributed by atoms with Crippen LogP contribution >= 0.6 is 24.0 Å². The van der Waals surface area contributed by atoms with E-state index in [0.717, 1.165) is 33.3 Å². The van der Waals surface area contributed by atoms with E-state index < -0.39 is 0 Å². The maximum atomic E-state index is 13.4. The number of carbonyl (C=O) groups is 1. The fraction of sp³-hybridized carbons (Fsp3) is 0.0323. The molecule has 0 aliphatic carbocycles. The van der Waals surface area contributed by atoms with E-state index in [1.54, 1.807) is 4.90 Å². The number of hydrogen-bond acceptors (Lipinski definition) is 4. The lowest BCUT2D eigenvalue weighted by Gasteiger charge is -2.17. The van der Waals surface area contributed by atoms with E-state index in [1.807, 2.05) is 84.9 Å². The third-order valence-corrected chi connectivity index (χ3v) is 7.53. The number of nitrogens with zero attached hydrogens (tertiary/aromatic N) is 1. The first-order chi connectivity index (χ1) is 17.7. The van der Waals surface area contributed by atoms with Gasteiger partial charge in [0.15, 0.2) is 4.32 Å². The maximum Gasteiger partial charge on any atom is 0.270 e. The summed E-state index contributed by atoms with van der Waals surface area (Å²) >= 11 is 6.94. The topological polar surface area (TPSA) is 29.5 Å². The lowest BCUT2D eigenvalue weighted by Crippen LogP contribution is -2.27. The molecular formula is C31H21NO2S2. The second-order valence-corrected chi connectivity index (χ2v) is 10.2. The van der Waals surface area contributed by atoms with Gasteiger partial charge in [-0.05, 0) is 51.6 Å².